The van der Waals surface area contributed by atoms with E-state index in [1.807, 2.05) is 26.0 Å². The molecule has 1 aliphatic heterocycles. The van der Waals surface area contributed by atoms with Crippen LogP contribution < -0.4 is 5.32 Å². The van der Waals surface area contributed by atoms with Crippen molar-refractivity contribution in [1.82, 2.24) is 25.0 Å². The number of halogens is 1. The summed E-state index contributed by atoms with van der Waals surface area (Å²) in [4.78, 5) is 9.61. The molecule has 1 aromatic carbocycles. The molecule has 6 rings (SSSR count). The lowest BCUT2D eigenvalue weighted by molar-refractivity contribution is -0.165. The van der Waals surface area contributed by atoms with Gasteiger partial charge < -0.3 is 19.9 Å². The number of hydrogen-bond acceptors (Lipinski definition) is 9. The van der Waals surface area contributed by atoms with Gasteiger partial charge in [0.05, 0.1) is 17.7 Å². The zero-order chi connectivity index (χ0) is 24.4. The van der Waals surface area contributed by atoms with Crippen LogP contribution in [0.1, 0.15) is 58.1 Å². The van der Waals surface area contributed by atoms with Crippen molar-refractivity contribution < 1.29 is 19.0 Å². The number of nitrogens with zero attached hydrogens (tertiary/aromatic N) is 5. The summed E-state index contributed by atoms with van der Waals surface area (Å²) < 4.78 is 27.4. The number of aromatic nitrogens is 5. The summed E-state index contributed by atoms with van der Waals surface area (Å²) in [5.74, 6) is 0.463. The number of fused-ring (bicyclic) bond motifs is 2. The summed E-state index contributed by atoms with van der Waals surface area (Å²) in [6.45, 7) is 5.81. The van der Waals surface area contributed by atoms with Crippen LogP contribution in [0.3, 0.4) is 0 Å². The number of ether oxygens (including phenoxy) is 2. The zero-order valence-electron chi connectivity index (χ0n) is 19.9. The fraction of sp³-hybridized carbons (Fsp3) is 0.583. The van der Waals surface area contributed by atoms with Gasteiger partial charge >= 0.3 is 0 Å². The normalized spacial score (nSPS) is 28.4. The standard InChI is InChI=1S/C24H29FN6O3S/c1-4-11-35-22-26-20(28-24(9-10-24)13-5-7-14(25)8-6-13)17-21(27-22)31(30-29-17)15-12-16(32)19-18(15)33-23(2,3)34-19/h5-8,15-16,18-19,32H,4,9-12H2,1-3H3,(H,26,27,28)/t15-,16+,18+,19-/m1/s1. The molecule has 2 saturated carbocycles. The van der Waals surface area contributed by atoms with Crippen LogP contribution in [-0.2, 0) is 15.0 Å². The molecule has 1 saturated heterocycles. The lowest BCUT2D eigenvalue weighted by atomic mass is 10.0. The van der Waals surface area contributed by atoms with Crippen LogP contribution in [0.25, 0.3) is 11.2 Å². The van der Waals surface area contributed by atoms with Gasteiger partial charge in [0.25, 0.3) is 0 Å². The molecule has 2 N–H and O–H groups in total. The maximum atomic E-state index is 13.5. The topological polar surface area (TPSA) is 107 Å². The van der Waals surface area contributed by atoms with Crippen molar-refractivity contribution in [2.45, 2.75) is 87.3 Å². The number of rotatable bonds is 7. The predicted molar refractivity (Wildman–Crippen MR) is 129 cm³/mol. The number of benzene rings is 1. The Morgan fingerprint density at radius 2 is 1.91 bits per heavy atom. The molecule has 2 aliphatic carbocycles. The summed E-state index contributed by atoms with van der Waals surface area (Å²) in [5, 5.41) is 23.8. The van der Waals surface area contributed by atoms with E-state index < -0.39 is 18.0 Å². The molecule has 3 aromatic rings. The Morgan fingerprint density at radius 1 is 1.17 bits per heavy atom. The fourth-order valence-corrected chi connectivity index (χ4v) is 5.85. The maximum Gasteiger partial charge on any atom is 0.191 e. The second-order valence-corrected chi connectivity index (χ2v) is 11.1. The second kappa shape index (κ2) is 8.36. The predicted octanol–water partition coefficient (Wildman–Crippen LogP) is 3.79. The van der Waals surface area contributed by atoms with Gasteiger partial charge in [-0.3, -0.25) is 0 Å². The molecule has 35 heavy (non-hydrogen) atoms. The van der Waals surface area contributed by atoms with Crippen LogP contribution in [0.4, 0.5) is 10.2 Å². The molecule has 0 radical (unpaired) electrons. The van der Waals surface area contributed by atoms with E-state index in [1.165, 1.54) is 12.1 Å². The zero-order valence-corrected chi connectivity index (χ0v) is 20.8. The molecule has 0 spiro atoms. The molecule has 3 fully saturated rings. The van der Waals surface area contributed by atoms with Crippen LogP contribution >= 0.6 is 11.8 Å². The molecule has 11 heteroatoms. The van der Waals surface area contributed by atoms with E-state index in [2.05, 4.69) is 22.6 Å². The minimum atomic E-state index is -0.775. The number of hydrogen-bond donors (Lipinski definition) is 2. The highest BCUT2D eigenvalue weighted by atomic mass is 32.2. The highest BCUT2D eigenvalue weighted by molar-refractivity contribution is 7.99. The van der Waals surface area contributed by atoms with E-state index in [0.717, 1.165) is 30.6 Å². The van der Waals surface area contributed by atoms with Crippen LogP contribution in [0.2, 0.25) is 0 Å². The monoisotopic (exact) mass is 500 g/mol. The van der Waals surface area contributed by atoms with E-state index in [4.69, 9.17) is 19.4 Å². The van der Waals surface area contributed by atoms with E-state index in [0.29, 0.717) is 28.6 Å². The first kappa shape index (κ1) is 23.1. The molecule has 0 unspecified atom stereocenters. The van der Waals surface area contributed by atoms with Crippen molar-refractivity contribution in [2.24, 2.45) is 0 Å². The number of anilines is 1. The third kappa shape index (κ3) is 4.08. The summed E-state index contributed by atoms with van der Waals surface area (Å²) in [6.07, 6.45) is 1.82. The van der Waals surface area contributed by atoms with Gasteiger partial charge in [0.2, 0.25) is 0 Å². The summed E-state index contributed by atoms with van der Waals surface area (Å²) in [5.41, 5.74) is 1.87. The molecule has 3 heterocycles. The van der Waals surface area contributed by atoms with Gasteiger partial charge in [-0.1, -0.05) is 36.0 Å². The number of nitrogens with one attached hydrogen (secondary N) is 1. The van der Waals surface area contributed by atoms with E-state index in [-0.39, 0.29) is 23.5 Å². The lowest BCUT2D eigenvalue weighted by Crippen LogP contribution is -2.29. The first-order valence-electron chi connectivity index (χ1n) is 12.1. The van der Waals surface area contributed by atoms with Crippen molar-refractivity contribution in [3.05, 3.63) is 35.6 Å². The molecule has 186 valence electrons. The maximum absolute atomic E-state index is 13.5. The Bertz CT molecular complexity index is 1250. The van der Waals surface area contributed by atoms with Gasteiger partial charge in [-0.25, -0.2) is 19.0 Å². The summed E-state index contributed by atoms with van der Waals surface area (Å²) in [6, 6.07) is 6.34. The molecule has 0 amide bonds. The Hall–Kier alpha value is -2.34. The number of aliphatic hydroxyl groups is 1. The SMILES string of the molecule is CCCSc1nc(NC2(c3ccc(F)cc3)CC2)c2nnn([C@@H]3C[C@H](O)[C@H]4OC(C)(C)O[C@H]43)c2n1. The third-order valence-corrected chi connectivity index (χ3v) is 8.02. The van der Waals surface area contributed by atoms with Gasteiger partial charge in [0.15, 0.2) is 27.9 Å². The van der Waals surface area contributed by atoms with Crippen LogP contribution in [0.15, 0.2) is 29.4 Å². The summed E-state index contributed by atoms with van der Waals surface area (Å²) >= 11 is 1.58. The van der Waals surface area contributed by atoms with E-state index in [9.17, 15) is 9.50 Å². The van der Waals surface area contributed by atoms with Crippen molar-refractivity contribution in [2.75, 3.05) is 11.1 Å². The summed E-state index contributed by atoms with van der Waals surface area (Å²) in [7, 11) is 0. The smallest absolute Gasteiger partial charge is 0.191 e. The van der Waals surface area contributed by atoms with Gasteiger partial charge in [0.1, 0.15) is 18.0 Å². The van der Waals surface area contributed by atoms with Crippen LogP contribution in [0.5, 0.6) is 0 Å². The van der Waals surface area contributed by atoms with E-state index >= 15 is 0 Å². The molecule has 2 aromatic heterocycles. The van der Waals surface area contributed by atoms with Crippen molar-refractivity contribution in [1.29, 1.82) is 0 Å². The number of aliphatic hydroxyl groups excluding tert-OH is 1. The molecule has 0 bridgehead atoms. The van der Waals surface area contributed by atoms with E-state index in [1.54, 1.807) is 16.4 Å². The van der Waals surface area contributed by atoms with Crippen molar-refractivity contribution in [3.8, 4) is 0 Å². The minimum Gasteiger partial charge on any atom is -0.390 e. The van der Waals surface area contributed by atoms with Gasteiger partial charge in [-0.15, -0.1) is 5.10 Å². The Labute approximate surface area is 206 Å². The Morgan fingerprint density at radius 3 is 2.63 bits per heavy atom. The van der Waals surface area contributed by atoms with Crippen LogP contribution in [-0.4, -0.2) is 59.9 Å². The largest absolute Gasteiger partial charge is 0.390 e. The average molecular weight is 501 g/mol. The van der Waals surface area contributed by atoms with Crippen molar-refractivity contribution >= 4 is 28.7 Å². The van der Waals surface area contributed by atoms with Gasteiger partial charge in [-0.2, -0.15) is 0 Å². The molecular weight excluding hydrogens is 471 g/mol. The quantitative estimate of drug-likeness (QED) is 0.370. The molecular formula is C24H29FN6O3S. The van der Waals surface area contributed by atoms with Gasteiger partial charge in [-0.05, 0) is 50.8 Å². The van der Waals surface area contributed by atoms with Gasteiger partial charge in [0, 0.05) is 12.2 Å². The fourth-order valence-electron chi connectivity index (χ4n) is 5.15. The third-order valence-electron chi connectivity index (χ3n) is 6.96. The molecule has 4 atom stereocenters. The second-order valence-electron chi connectivity index (χ2n) is 10.1. The Kier molecular flexibility index (Phi) is 5.51. The number of thioether (sulfide) groups is 1. The highest BCUT2D eigenvalue weighted by Crippen LogP contribution is 2.49. The molecule has 9 nitrogen and oxygen atoms in total. The Balaban J connectivity index is 1.39. The van der Waals surface area contributed by atoms with Crippen molar-refractivity contribution in [3.63, 3.8) is 0 Å². The molecule has 3 aliphatic rings. The highest BCUT2D eigenvalue weighted by Gasteiger charge is 2.55. The minimum absolute atomic E-state index is 0.256. The average Bonchev–Trinajstić information content (AvgIpc) is 3.22. The lowest BCUT2D eigenvalue weighted by Gasteiger charge is -2.22. The van der Waals surface area contributed by atoms with Crippen LogP contribution in [0, 0.1) is 5.82 Å². The first-order chi connectivity index (χ1) is 16.8. The first-order valence-corrected chi connectivity index (χ1v) is 13.1.